The summed E-state index contributed by atoms with van der Waals surface area (Å²) in [6.07, 6.45) is 1.34. The molecule has 0 aromatic heterocycles. The molecule has 2 rings (SSSR count). The number of hydrogen-bond acceptors (Lipinski definition) is 4. The fourth-order valence-corrected chi connectivity index (χ4v) is 4.06. The molecule has 2 aromatic rings. The van der Waals surface area contributed by atoms with Crippen molar-refractivity contribution >= 4 is 27.5 Å². The van der Waals surface area contributed by atoms with Gasteiger partial charge in [-0.25, -0.2) is 12.8 Å². The molecular formula is C22H28FN3O4S. The lowest BCUT2D eigenvalue weighted by Crippen LogP contribution is -2.52. The molecule has 0 bridgehead atoms. The third kappa shape index (κ3) is 6.78. The van der Waals surface area contributed by atoms with Crippen LogP contribution < -0.4 is 9.62 Å². The van der Waals surface area contributed by atoms with Gasteiger partial charge in [-0.15, -0.1) is 0 Å². The first kappa shape index (κ1) is 24.3. The first-order valence-corrected chi connectivity index (χ1v) is 11.9. The molecule has 0 aliphatic rings. The van der Waals surface area contributed by atoms with Crippen LogP contribution in [0.5, 0.6) is 0 Å². The van der Waals surface area contributed by atoms with Gasteiger partial charge in [-0.3, -0.25) is 13.9 Å². The minimum atomic E-state index is -3.83. The number of halogens is 1. The minimum Gasteiger partial charge on any atom is -0.355 e. The highest BCUT2D eigenvalue weighted by molar-refractivity contribution is 7.92. The Morgan fingerprint density at radius 2 is 1.65 bits per heavy atom. The van der Waals surface area contributed by atoms with Crippen molar-refractivity contribution in [1.29, 1.82) is 0 Å². The summed E-state index contributed by atoms with van der Waals surface area (Å²) in [4.78, 5) is 27.3. The van der Waals surface area contributed by atoms with Gasteiger partial charge in [0.1, 0.15) is 18.4 Å². The van der Waals surface area contributed by atoms with Crippen molar-refractivity contribution < 1.29 is 22.4 Å². The van der Waals surface area contributed by atoms with E-state index >= 15 is 0 Å². The van der Waals surface area contributed by atoms with E-state index in [2.05, 4.69) is 5.32 Å². The monoisotopic (exact) mass is 449 g/mol. The Morgan fingerprint density at radius 3 is 2.16 bits per heavy atom. The van der Waals surface area contributed by atoms with E-state index in [1.54, 1.807) is 13.8 Å². The Balaban J connectivity index is 2.39. The summed E-state index contributed by atoms with van der Waals surface area (Å²) in [6.45, 7) is 3.63. The molecule has 0 spiro atoms. The van der Waals surface area contributed by atoms with Crippen LogP contribution in [0.2, 0.25) is 0 Å². The highest BCUT2D eigenvalue weighted by Gasteiger charge is 2.31. The predicted molar refractivity (Wildman–Crippen MR) is 118 cm³/mol. The Hall–Kier alpha value is -2.94. The van der Waals surface area contributed by atoms with E-state index in [1.165, 1.54) is 17.0 Å². The summed E-state index contributed by atoms with van der Waals surface area (Å²) in [5.41, 5.74) is 0.981. The lowest BCUT2D eigenvalue weighted by Gasteiger charge is -2.32. The van der Waals surface area contributed by atoms with Gasteiger partial charge in [-0.05, 0) is 43.2 Å². The fourth-order valence-electron chi connectivity index (χ4n) is 3.21. The van der Waals surface area contributed by atoms with Crippen LogP contribution >= 0.6 is 0 Å². The molecule has 0 radical (unpaired) electrons. The molecule has 1 atom stereocenters. The highest BCUT2D eigenvalue weighted by Crippen LogP contribution is 2.20. The van der Waals surface area contributed by atoms with Crippen molar-refractivity contribution in [3.05, 3.63) is 66.0 Å². The Labute approximate surface area is 182 Å². The van der Waals surface area contributed by atoms with Gasteiger partial charge in [0.25, 0.3) is 0 Å². The van der Waals surface area contributed by atoms with E-state index in [4.69, 9.17) is 0 Å². The van der Waals surface area contributed by atoms with Crippen molar-refractivity contribution in [3.8, 4) is 0 Å². The predicted octanol–water partition coefficient (Wildman–Crippen LogP) is 2.54. The van der Waals surface area contributed by atoms with E-state index in [0.717, 1.165) is 28.3 Å². The Morgan fingerprint density at radius 1 is 1.03 bits per heavy atom. The maximum atomic E-state index is 13.3. The van der Waals surface area contributed by atoms with Gasteiger partial charge in [-0.1, -0.05) is 37.3 Å². The van der Waals surface area contributed by atoms with Gasteiger partial charge in [0.15, 0.2) is 0 Å². The molecule has 7 nitrogen and oxygen atoms in total. The zero-order valence-corrected chi connectivity index (χ0v) is 18.7. The summed E-state index contributed by atoms with van der Waals surface area (Å²) in [6, 6.07) is 13.3. The zero-order valence-electron chi connectivity index (χ0n) is 17.9. The van der Waals surface area contributed by atoms with Gasteiger partial charge in [0.05, 0.1) is 11.9 Å². The summed E-state index contributed by atoms with van der Waals surface area (Å²) in [7, 11) is -3.83. The van der Waals surface area contributed by atoms with Crippen LogP contribution in [0.15, 0.2) is 54.6 Å². The molecule has 0 saturated heterocycles. The normalized spacial score (nSPS) is 12.1. The summed E-state index contributed by atoms with van der Waals surface area (Å²) in [5.74, 6) is -1.35. The van der Waals surface area contributed by atoms with Crippen molar-refractivity contribution in [3.63, 3.8) is 0 Å². The van der Waals surface area contributed by atoms with Crippen LogP contribution in [0, 0.1) is 5.82 Å². The largest absolute Gasteiger partial charge is 0.355 e. The molecule has 31 heavy (non-hydrogen) atoms. The Bertz CT molecular complexity index is 982. The molecule has 0 fully saturated rings. The molecule has 2 amide bonds. The summed E-state index contributed by atoms with van der Waals surface area (Å²) < 4.78 is 39.0. The van der Waals surface area contributed by atoms with Gasteiger partial charge >= 0.3 is 0 Å². The van der Waals surface area contributed by atoms with Crippen LogP contribution in [0.1, 0.15) is 25.8 Å². The molecule has 0 unspecified atom stereocenters. The molecule has 2 aromatic carbocycles. The molecule has 0 aliphatic carbocycles. The second-order valence-electron chi connectivity index (χ2n) is 7.07. The lowest BCUT2D eigenvalue weighted by molar-refractivity contribution is -0.140. The average molecular weight is 450 g/mol. The first-order chi connectivity index (χ1) is 14.7. The number of anilines is 1. The number of sulfonamides is 1. The van der Waals surface area contributed by atoms with Crippen LogP contribution in [0.3, 0.4) is 0 Å². The number of nitrogens with zero attached hydrogens (tertiary/aromatic N) is 2. The average Bonchev–Trinajstić information content (AvgIpc) is 2.72. The number of carbonyl (C=O) groups is 2. The lowest BCUT2D eigenvalue weighted by atomic mass is 10.1. The maximum absolute atomic E-state index is 13.3. The van der Waals surface area contributed by atoms with Gasteiger partial charge in [0.2, 0.25) is 21.8 Å². The smallest absolute Gasteiger partial charge is 0.244 e. The summed E-state index contributed by atoms with van der Waals surface area (Å²) >= 11 is 0. The SMILES string of the molecule is CCNC(=O)[C@H](CC)N(Cc1ccccc1)C(=O)CN(c1ccc(F)cc1)S(C)(=O)=O. The number of carbonyl (C=O) groups excluding carboxylic acids is 2. The van der Waals surface area contributed by atoms with E-state index in [0.29, 0.717) is 13.0 Å². The minimum absolute atomic E-state index is 0.149. The number of benzene rings is 2. The van der Waals surface area contributed by atoms with E-state index in [1.807, 2.05) is 30.3 Å². The van der Waals surface area contributed by atoms with E-state index in [-0.39, 0.29) is 18.1 Å². The maximum Gasteiger partial charge on any atom is 0.244 e. The topological polar surface area (TPSA) is 86.8 Å². The number of nitrogens with one attached hydrogen (secondary N) is 1. The first-order valence-electron chi connectivity index (χ1n) is 10.0. The van der Waals surface area contributed by atoms with Gasteiger partial charge in [-0.2, -0.15) is 0 Å². The van der Waals surface area contributed by atoms with Crippen molar-refractivity contribution in [2.75, 3.05) is 23.7 Å². The molecule has 1 N–H and O–H groups in total. The molecule has 0 aliphatic heterocycles. The van der Waals surface area contributed by atoms with Gasteiger partial charge in [0, 0.05) is 13.1 Å². The number of rotatable bonds is 10. The second kappa shape index (κ2) is 10.9. The summed E-state index contributed by atoms with van der Waals surface area (Å²) in [5, 5.41) is 2.73. The van der Waals surface area contributed by atoms with E-state index in [9.17, 15) is 22.4 Å². The van der Waals surface area contributed by atoms with Crippen LogP contribution in [-0.4, -0.2) is 50.5 Å². The molecule has 9 heteroatoms. The molecule has 0 saturated carbocycles. The number of hydrogen-bond donors (Lipinski definition) is 1. The number of amides is 2. The Kier molecular flexibility index (Phi) is 8.56. The molecule has 0 heterocycles. The third-order valence-corrected chi connectivity index (χ3v) is 5.87. The zero-order chi connectivity index (χ0) is 23.0. The van der Waals surface area contributed by atoms with Crippen molar-refractivity contribution in [1.82, 2.24) is 10.2 Å². The van der Waals surface area contributed by atoms with E-state index < -0.39 is 34.3 Å². The molecule has 168 valence electrons. The van der Waals surface area contributed by atoms with Crippen LogP contribution in [0.4, 0.5) is 10.1 Å². The van der Waals surface area contributed by atoms with Crippen LogP contribution in [0.25, 0.3) is 0 Å². The fraction of sp³-hybridized carbons (Fsp3) is 0.364. The van der Waals surface area contributed by atoms with Crippen LogP contribution in [-0.2, 0) is 26.2 Å². The highest BCUT2D eigenvalue weighted by atomic mass is 32.2. The third-order valence-electron chi connectivity index (χ3n) is 4.73. The standard InChI is InChI=1S/C22H28FN3O4S/c1-4-20(22(28)24-5-2)25(15-17-9-7-6-8-10-17)21(27)16-26(31(3,29)30)19-13-11-18(23)12-14-19/h6-14,20H,4-5,15-16H2,1-3H3,(H,24,28)/t20-/m0/s1. The quantitative estimate of drug-likeness (QED) is 0.604. The van der Waals surface area contributed by atoms with Crippen molar-refractivity contribution in [2.24, 2.45) is 0 Å². The molecular weight excluding hydrogens is 421 g/mol. The van der Waals surface area contributed by atoms with Crippen molar-refractivity contribution in [2.45, 2.75) is 32.9 Å². The number of likely N-dealkylation sites (N-methyl/N-ethyl adjacent to an activating group) is 1. The van der Waals surface area contributed by atoms with Gasteiger partial charge < -0.3 is 10.2 Å². The second-order valence-corrected chi connectivity index (χ2v) is 8.98.